The quantitative estimate of drug-likeness (QED) is 0.500. The van der Waals surface area contributed by atoms with Crippen LogP contribution in [0.25, 0.3) is 31.8 Å². The molecule has 0 saturated heterocycles. The summed E-state index contributed by atoms with van der Waals surface area (Å²) in [6.07, 6.45) is 1.43. The summed E-state index contributed by atoms with van der Waals surface area (Å²) in [4.78, 5) is 14.0. The lowest BCUT2D eigenvalue weighted by molar-refractivity contribution is 0.123. The molecule has 0 saturated carbocycles. The number of ether oxygens (including phenoxy) is 3. The van der Waals surface area contributed by atoms with E-state index in [4.69, 9.17) is 19.2 Å². The standard InChI is InChI=1S/C21H18N3O3S/c1-10-5-13(18-14(6-10)23-16(25-4)8-22-18)21-24-17-11(2)7-15-19(20(17)28-21)26-9-12(3)27-15/h5-8,12H,3,9H2,1-2,4H3/t12-/m1/s1. The van der Waals surface area contributed by atoms with Crippen LogP contribution in [0.15, 0.2) is 24.4 Å². The second-order valence-corrected chi connectivity index (χ2v) is 7.86. The van der Waals surface area contributed by atoms with Crippen LogP contribution < -0.4 is 14.2 Å². The number of benzene rings is 2. The molecule has 0 fully saturated rings. The van der Waals surface area contributed by atoms with Crippen molar-refractivity contribution in [3.63, 3.8) is 0 Å². The molecule has 1 atom stereocenters. The molecule has 1 aliphatic heterocycles. The van der Waals surface area contributed by atoms with Crippen LogP contribution in [0.3, 0.4) is 0 Å². The molecule has 28 heavy (non-hydrogen) atoms. The van der Waals surface area contributed by atoms with E-state index in [1.807, 2.05) is 26.0 Å². The van der Waals surface area contributed by atoms with Crippen molar-refractivity contribution in [3.8, 4) is 28.0 Å². The monoisotopic (exact) mass is 392 g/mol. The third-order valence-electron chi connectivity index (χ3n) is 4.69. The van der Waals surface area contributed by atoms with E-state index in [9.17, 15) is 0 Å². The number of hydrogen-bond acceptors (Lipinski definition) is 7. The summed E-state index contributed by atoms with van der Waals surface area (Å²) >= 11 is 1.58. The lowest BCUT2D eigenvalue weighted by atomic mass is 10.1. The van der Waals surface area contributed by atoms with Gasteiger partial charge in [-0.2, -0.15) is 0 Å². The molecule has 3 heterocycles. The summed E-state index contributed by atoms with van der Waals surface area (Å²) in [5.74, 6) is 1.96. The lowest BCUT2D eigenvalue weighted by Crippen LogP contribution is -2.26. The molecule has 7 heteroatoms. The largest absolute Gasteiger partial charge is 0.484 e. The average molecular weight is 392 g/mol. The fourth-order valence-corrected chi connectivity index (χ4v) is 4.57. The molecule has 141 valence electrons. The van der Waals surface area contributed by atoms with Crippen molar-refractivity contribution in [1.29, 1.82) is 0 Å². The van der Waals surface area contributed by atoms with Crippen molar-refractivity contribution in [2.75, 3.05) is 13.7 Å². The van der Waals surface area contributed by atoms with Crippen LogP contribution in [-0.4, -0.2) is 34.8 Å². The highest BCUT2D eigenvalue weighted by Crippen LogP contribution is 2.45. The van der Waals surface area contributed by atoms with Crippen LogP contribution in [0.1, 0.15) is 11.1 Å². The minimum absolute atomic E-state index is 0.206. The first kappa shape index (κ1) is 17.2. The predicted octanol–water partition coefficient (Wildman–Crippen LogP) is 4.51. The highest BCUT2D eigenvalue weighted by atomic mass is 32.1. The van der Waals surface area contributed by atoms with Gasteiger partial charge in [-0.3, -0.25) is 0 Å². The van der Waals surface area contributed by atoms with Gasteiger partial charge in [0.25, 0.3) is 0 Å². The Labute approximate surface area is 166 Å². The average Bonchev–Trinajstić information content (AvgIpc) is 3.12. The van der Waals surface area contributed by atoms with E-state index in [2.05, 4.69) is 23.0 Å². The van der Waals surface area contributed by atoms with Gasteiger partial charge in [0.2, 0.25) is 5.88 Å². The smallest absolute Gasteiger partial charge is 0.232 e. The number of fused-ring (bicyclic) bond motifs is 4. The maximum Gasteiger partial charge on any atom is 0.232 e. The van der Waals surface area contributed by atoms with Gasteiger partial charge in [-0.1, -0.05) is 0 Å². The Balaban J connectivity index is 1.75. The third kappa shape index (κ3) is 2.65. The molecule has 4 aromatic rings. The van der Waals surface area contributed by atoms with Gasteiger partial charge in [0.1, 0.15) is 22.4 Å². The summed E-state index contributed by atoms with van der Waals surface area (Å²) < 4.78 is 18.0. The number of methoxy groups -OCH3 is 1. The van der Waals surface area contributed by atoms with Crippen LogP contribution in [0, 0.1) is 20.8 Å². The second-order valence-electron chi connectivity index (χ2n) is 6.86. The lowest BCUT2D eigenvalue weighted by Gasteiger charge is -2.24. The first-order valence-electron chi connectivity index (χ1n) is 8.92. The first-order chi connectivity index (χ1) is 13.5. The van der Waals surface area contributed by atoms with Crippen molar-refractivity contribution < 1.29 is 14.2 Å². The maximum atomic E-state index is 5.93. The molecule has 0 amide bonds. The van der Waals surface area contributed by atoms with Crippen LogP contribution in [0.5, 0.6) is 17.4 Å². The summed E-state index contributed by atoms with van der Waals surface area (Å²) in [7, 11) is 1.59. The van der Waals surface area contributed by atoms with Crippen LogP contribution in [0.2, 0.25) is 0 Å². The topological polar surface area (TPSA) is 66.4 Å². The van der Waals surface area contributed by atoms with E-state index in [1.54, 1.807) is 24.6 Å². The summed E-state index contributed by atoms with van der Waals surface area (Å²) in [6.45, 7) is 8.43. The summed E-state index contributed by atoms with van der Waals surface area (Å²) in [6, 6.07) is 6.06. The zero-order chi connectivity index (χ0) is 19.4. The Morgan fingerprint density at radius 1 is 1.18 bits per heavy atom. The van der Waals surface area contributed by atoms with E-state index in [1.165, 1.54) is 0 Å². The van der Waals surface area contributed by atoms with Gasteiger partial charge in [0.15, 0.2) is 11.5 Å². The van der Waals surface area contributed by atoms with Crippen molar-refractivity contribution in [3.05, 3.63) is 42.4 Å². The molecule has 0 bridgehead atoms. The molecule has 6 nitrogen and oxygen atoms in total. The zero-order valence-electron chi connectivity index (χ0n) is 15.8. The van der Waals surface area contributed by atoms with Gasteiger partial charge < -0.3 is 14.2 Å². The van der Waals surface area contributed by atoms with Gasteiger partial charge in [-0.15, -0.1) is 11.3 Å². The minimum Gasteiger partial charge on any atom is -0.484 e. The van der Waals surface area contributed by atoms with Crippen molar-refractivity contribution >= 4 is 32.6 Å². The van der Waals surface area contributed by atoms with E-state index in [-0.39, 0.29) is 6.10 Å². The molecular formula is C21H18N3O3S. The summed E-state index contributed by atoms with van der Waals surface area (Å²) in [5, 5.41) is 0.875. The van der Waals surface area contributed by atoms with E-state index >= 15 is 0 Å². The fourth-order valence-electron chi connectivity index (χ4n) is 3.42. The molecule has 0 N–H and O–H groups in total. The Morgan fingerprint density at radius 3 is 2.86 bits per heavy atom. The third-order valence-corrected chi connectivity index (χ3v) is 5.78. The Morgan fingerprint density at radius 2 is 2.04 bits per heavy atom. The number of hydrogen-bond donors (Lipinski definition) is 0. The Kier molecular flexibility index (Phi) is 3.87. The normalized spacial score (nSPS) is 15.9. The van der Waals surface area contributed by atoms with Gasteiger partial charge in [0, 0.05) is 5.56 Å². The molecule has 2 aromatic carbocycles. The molecule has 1 aliphatic rings. The van der Waals surface area contributed by atoms with Crippen molar-refractivity contribution in [1.82, 2.24) is 15.0 Å². The number of rotatable bonds is 2. The van der Waals surface area contributed by atoms with Gasteiger partial charge in [0.05, 0.1) is 29.9 Å². The molecule has 1 radical (unpaired) electrons. The highest BCUT2D eigenvalue weighted by molar-refractivity contribution is 7.22. The number of aromatic nitrogens is 3. The van der Waals surface area contributed by atoms with Gasteiger partial charge in [-0.25, -0.2) is 15.0 Å². The van der Waals surface area contributed by atoms with Crippen LogP contribution >= 0.6 is 11.3 Å². The molecule has 0 unspecified atom stereocenters. The van der Waals surface area contributed by atoms with Gasteiger partial charge >= 0.3 is 0 Å². The van der Waals surface area contributed by atoms with E-state index in [0.29, 0.717) is 12.5 Å². The SMILES string of the molecule is [CH2][C@@H]1COc2c(cc(C)c3nc(-c4cc(C)cc5nc(OC)cnc45)sc23)O1. The zero-order valence-corrected chi connectivity index (χ0v) is 16.6. The minimum atomic E-state index is -0.206. The van der Waals surface area contributed by atoms with E-state index in [0.717, 1.165) is 54.4 Å². The highest BCUT2D eigenvalue weighted by Gasteiger charge is 2.24. The van der Waals surface area contributed by atoms with Crippen molar-refractivity contribution in [2.45, 2.75) is 20.0 Å². The number of nitrogens with zero attached hydrogens (tertiary/aromatic N) is 3. The molecule has 5 rings (SSSR count). The first-order valence-corrected chi connectivity index (χ1v) is 9.73. The molecule has 2 aromatic heterocycles. The number of aryl methyl sites for hydroxylation is 2. The Hall–Kier alpha value is -2.93. The fraction of sp³-hybridized carbons (Fsp3) is 0.238. The number of thiazole rings is 1. The van der Waals surface area contributed by atoms with Crippen molar-refractivity contribution in [2.24, 2.45) is 0 Å². The molecule has 0 aliphatic carbocycles. The Bertz CT molecular complexity index is 1230. The maximum absolute atomic E-state index is 5.93. The molecular weight excluding hydrogens is 374 g/mol. The van der Waals surface area contributed by atoms with Crippen LogP contribution in [0.4, 0.5) is 0 Å². The van der Waals surface area contributed by atoms with E-state index < -0.39 is 0 Å². The van der Waals surface area contributed by atoms with Crippen LogP contribution in [-0.2, 0) is 0 Å². The molecule has 0 spiro atoms. The summed E-state index contributed by atoms with van der Waals surface area (Å²) in [5.41, 5.74) is 5.58. The van der Waals surface area contributed by atoms with Gasteiger partial charge in [-0.05, 0) is 50.1 Å². The second kappa shape index (κ2) is 6.31. The predicted molar refractivity (Wildman–Crippen MR) is 109 cm³/mol.